The lowest BCUT2D eigenvalue weighted by molar-refractivity contribution is -0.126. The minimum Gasteiger partial charge on any atom is -0.350 e. The van der Waals surface area contributed by atoms with Crippen LogP contribution in [0, 0.1) is 5.82 Å². The van der Waals surface area contributed by atoms with Gasteiger partial charge in [0.15, 0.2) is 0 Å². The third-order valence-corrected chi connectivity index (χ3v) is 4.20. The van der Waals surface area contributed by atoms with Gasteiger partial charge in [-0.3, -0.25) is 4.79 Å². The second kappa shape index (κ2) is 8.46. The fraction of sp³-hybridized carbons (Fsp3) is 0.375. The van der Waals surface area contributed by atoms with Gasteiger partial charge in [-0.1, -0.05) is 18.9 Å². The number of nitrogens with one attached hydrogen (secondary N) is 1. The van der Waals surface area contributed by atoms with Gasteiger partial charge < -0.3 is 15.6 Å². The van der Waals surface area contributed by atoms with Crippen LogP contribution in [0.15, 0.2) is 36.9 Å². The molecular weight excluding hydrogens is 354 g/mol. The number of hydrogen-bond donors (Lipinski definition) is 2. The Morgan fingerprint density at radius 2 is 2.04 bits per heavy atom. The Balaban J connectivity index is 0.00000144. The zero-order valence-corrected chi connectivity index (χ0v) is 14.7. The monoisotopic (exact) mass is 374 g/mol. The molecule has 1 amide bonds. The predicted octanol–water partition coefficient (Wildman–Crippen LogP) is 2.74. The Labute approximate surface area is 152 Å². The van der Waals surface area contributed by atoms with Crippen molar-refractivity contribution in [2.24, 2.45) is 5.73 Å². The molecule has 0 atom stereocenters. The molecule has 8 heteroatoms. The molecule has 1 aliphatic carbocycles. The molecule has 0 spiro atoms. The largest absolute Gasteiger partial charge is 0.350 e. The first-order valence-electron chi connectivity index (χ1n) is 7.42. The Morgan fingerprint density at radius 1 is 1.33 bits per heavy atom. The van der Waals surface area contributed by atoms with E-state index in [0.717, 1.165) is 12.8 Å². The van der Waals surface area contributed by atoms with Crippen LogP contribution in [0.25, 0.3) is 5.69 Å². The van der Waals surface area contributed by atoms with Crippen molar-refractivity contribution in [3.63, 3.8) is 0 Å². The first-order valence-corrected chi connectivity index (χ1v) is 7.42. The highest BCUT2D eigenvalue weighted by molar-refractivity contribution is 5.86. The Morgan fingerprint density at radius 3 is 2.62 bits per heavy atom. The summed E-state index contributed by atoms with van der Waals surface area (Å²) in [5, 5.41) is 2.81. The topological polar surface area (TPSA) is 72.9 Å². The molecule has 0 saturated heterocycles. The molecular formula is C16H21Cl2FN4O. The summed E-state index contributed by atoms with van der Waals surface area (Å²) in [5.74, 6) is -0.503. The van der Waals surface area contributed by atoms with E-state index in [1.807, 2.05) is 0 Å². The lowest BCUT2D eigenvalue weighted by Crippen LogP contribution is -2.51. The number of carbonyl (C=O) groups excluding carboxylic acids is 1. The zero-order chi connectivity index (χ0) is 15.6. The van der Waals surface area contributed by atoms with Crippen LogP contribution in [-0.4, -0.2) is 21.0 Å². The van der Waals surface area contributed by atoms with Gasteiger partial charge in [-0.2, -0.15) is 0 Å². The van der Waals surface area contributed by atoms with Gasteiger partial charge in [0, 0.05) is 18.9 Å². The molecule has 1 fully saturated rings. The van der Waals surface area contributed by atoms with Gasteiger partial charge in [-0.15, -0.1) is 24.8 Å². The van der Waals surface area contributed by atoms with Gasteiger partial charge in [0.05, 0.1) is 17.6 Å². The Kier molecular flexibility index (Phi) is 7.20. The second-order valence-electron chi connectivity index (χ2n) is 5.80. The van der Waals surface area contributed by atoms with E-state index >= 15 is 0 Å². The van der Waals surface area contributed by atoms with Crippen molar-refractivity contribution < 1.29 is 9.18 Å². The van der Waals surface area contributed by atoms with E-state index < -0.39 is 5.54 Å². The van der Waals surface area contributed by atoms with Crippen molar-refractivity contribution in [3.05, 3.63) is 48.3 Å². The maximum absolute atomic E-state index is 14.1. The summed E-state index contributed by atoms with van der Waals surface area (Å²) >= 11 is 0. The number of halogens is 3. The van der Waals surface area contributed by atoms with Gasteiger partial charge in [-0.25, -0.2) is 9.37 Å². The van der Waals surface area contributed by atoms with Gasteiger partial charge in [0.25, 0.3) is 0 Å². The van der Waals surface area contributed by atoms with Crippen molar-refractivity contribution >= 4 is 30.7 Å². The number of benzene rings is 1. The normalized spacial score (nSPS) is 15.2. The first kappa shape index (κ1) is 20.4. The van der Waals surface area contributed by atoms with E-state index in [-0.39, 0.29) is 43.1 Å². The number of carbonyl (C=O) groups is 1. The number of rotatable bonds is 4. The predicted molar refractivity (Wildman–Crippen MR) is 95.3 cm³/mol. The molecule has 24 heavy (non-hydrogen) atoms. The summed E-state index contributed by atoms with van der Waals surface area (Å²) in [6.45, 7) is 0.277. The molecule has 0 radical (unpaired) electrons. The van der Waals surface area contributed by atoms with Crippen LogP contribution in [0.2, 0.25) is 0 Å². The van der Waals surface area contributed by atoms with Gasteiger partial charge >= 0.3 is 0 Å². The molecule has 1 aromatic heterocycles. The van der Waals surface area contributed by atoms with E-state index in [9.17, 15) is 9.18 Å². The first-order chi connectivity index (χ1) is 10.6. The number of nitrogens with two attached hydrogens (primary N) is 1. The van der Waals surface area contributed by atoms with Crippen LogP contribution < -0.4 is 11.1 Å². The Bertz CT molecular complexity index is 673. The SMILES string of the molecule is Cl.Cl.NC1(C(=O)NCc2ccc(-n3ccnc3)c(F)c2)CCCC1. The highest BCUT2D eigenvalue weighted by Gasteiger charge is 2.36. The molecule has 0 bridgehead atoms. The van der Waals surface area contributed by atoms with E-state index in [2.05, 4.69) is 10.3 Å². The van der Waals surface area contributed by atoms with Crippen LogP contribution >= 0.6 is 24.8 Å². The Hall–Kier alpha value is -1.63. The van der Waals surface area contributed by atoms with Crippen molar-refractivity contribution in [1.29, 1.82) is 0 Å². The van der Waals surface area contributed by atoms with Crippen LogP contribution in [0.1, 0.15) is 31.2 Å². The van der Waals surface area contributed by atoms with Gasteiger partial charge in [0.2, 0.25) is 5.91 Å². The van der Waals surface area contributed by atoms with Crippen molar-refractivity contribution in [2.75, 3.05) is 0 Å². The second-order valence-corrected chi connectivity index (χ2v) is 5.80. The summed E-state index contributed by atoms with van der Waals surface area (Å²) in [4.78, 5) is 16.0. The quantitative estimate of drug-likeness (QED) is 0.863. The number of imidazole rings is 1. The maximum Gasteiger partial charge on any atom is 0.240 e. The van der Waals surface area contributed by atoms with Crippen LogP contribution in [0.3, 0.4) is 0 Å². The molecule has 1 aromatic carbocycles. The molecule has 0 aliphatic heterocycles. The third kappa shape index (κ3) is 4.26. The fourth-order valence-corrected chi connectivity index (χ4v) is 2.86. The summed E-state index contributed by atoms with van der Waals surface area (Å²) in [5.41, 5.74) is 6.47. The standard InChI is InChI=1S/C16H19FN4O.2ClH/c17-13-9-12(3-4-14(13)21-8-7-19-11-21)10-20-15(22)16(18)5-1-2-6-16;;/h3-4,7-9,11H,1-2,5-6,10,18H2,(H,20,22);2*1H. The molecule has 2 aromatic rings. The minimum atomic E-state index is -0.755. The lowest BCUT2D eigenvalue weighted by Gasteiger charge is -2.22. The molecule has 132 valence electrons. The zero-order valence-electron chi connectivity index (χ0n) is 13.1. The number of aromatic nitrogens is 2. The third-order valence-electron chi connectivity index (χ3n) is 4.20. The van der Waals surface area contributed by atoms with Crippen LogP contribution in [0.4, 0.5) is 4.39 Å². The summed E-state index contributed by atoms with van der Waals surface area (Å²) in [7, 11) is 0. The van der Waals surface area contributed by atoms with Crippen LogP contribution in [-0.2, 0) is 11.3 Å². The minimum absolute atomic E-state index is 0. The molecule has 1 aliphatic rings. The lowest BCUT2D eigenvalue weighted by atomic mass is 9.98. The van der Waals surface area contributed by atoms with Gasteiger partial charge in [0.1, 0.15) is 5.82 Å². The average Bonchev–Trinajstić information content (AvgIpc) is 3.17. The van der Waals surface area contributed by atoms with Crippen molar-refractivity contribution in [3.8, 4) is 5.69 Å². The van der Waals surface area contributed by atoms with E-state index in [1.54, 1.807) is 29.1 Å². The fourth-order valence-electron chi connectivity index (χ4n) is 2.86. The van der Waals surface area contributed by atoms with Crippen molar-refractivity contribution in [2.45, 2.75) is 37.8 Å². The highest BCUT2D eigenvalue weighted by Crippen LogP contribution is 2.27. The molecule has 0 unspecified atom stereocenters. The highest BCUT2D eigenvalue weighted by atomic mass is 35.5. The van der Waals surface area contributed by atoms with Crippen molar-refractivity contribution in [1.82, 2.24) is 14.9 Å². The summed E-state index contributed by atoms with van der Waals surface area (Å²) in [6.07, 6.45) is 8.21. The molecule has 5 nitrogen and oxygen atoms in total. The molecule has 3 rings (SSSR count). The van der Waals surface area contributed by atoms with Gasteiger partial charge in [-0.05, 0) is 30.5 Å². The number of hydrogen-bond acceptors (Lipinski definition) is 3. The van der Waals surface area contributed by atoms with E-state index in [1.165, 1.54) is 12.4 Å². The summed E-state index contributed by atoms with van der Waals surface area (Å²) in [6, 6.07) is 4.89. The smallest absolute Gasteiger partial charge is 0.240 e. The number of amides is 1. The molecule has 1 heterocycles. The summed E-state index contributed by atoms with van der Waals surface area (Å²) < 4.78 is 15.7. The average molecular weight is 375 g/mol. The number of nitrogens with zero attached hydrogens (tertiary/aromatic N) is 2. The van der Waals surface area contributed by atoms with Crippen LogP contribution in [0.5, 0.6) is 0 Å². The van der Waals surface area contributed by atoms with E-state index in [0.29, 0.717) is 24.1 Å². The molecule has 3 N–H and O–H groups in total. The van der Waals surface area contributed by atoms with E-state index in [4.69, 9.17) is 5.73 Å². The molecule has 1 saturated carbocycles. The maximum atomic E-state index is 14.1.